The molecule has 0 heterocycles. The molecule has 0 aromatic heterocycles. The number of carbonyl (C=O) groups is 2. The fraction of sp³-hybridized carbons (Fsp3) is 0.125. The van der Waals surface area contributed by atoms with Crippen LogP contribution in [-0.2, 0) is 9.53 Å². The molecule has 21 heavy (non-hydrogen) atoms. The number of anilines is 1. The fourth-order valence-electron chi connectivity index (χ4n) is 1.87. The standard InChI is InChI=1S/C16H16N2O3/c1-21-16(20)12-8-5-9-13(10-12)18-15(19)14(17)11-6-3-2-4-7-11/h2-10,14H,17H2,1H3,(H,18,19)/t14-/m0/s1. The maximum absolute atomic E-state index is 12.1. The van der Waals surface area contributed by atoms with E-state index in [0.29, 0.717) is 11.3 Å². The molecule has 0 aliphatic rings. The second-order valence-corrected chi connectivity index (χ2v) is 4.45. The van der Waals surface area contributed by atoms with Gasteiger partial charge < -0.3 is 15.8 Å². The molecule has 0 aliphatic heterocycles. The van der Waals surface area contributed by atoms with Gasteiger partial charge in [-0.25, -0.2) is 4.79 Å². The van der Waals surface area contributed by atoms with Crippen molar-refractivity contribution in [2.75, 3.05) is 12.4 Å². The lowest BCUT2D eigenvalue weighted by molar-refractivity contribution is -0.117. The average Bonchev–Trinajstić information content (AvgIpc) is 2.54. The number of nitrogens with two attached hydrogens (primary N) is 1. The van der Waals surface area contributed by atoms with Crippen molar-refractivity contribution in [2.45, 2.75) is 6.04 Å². The topological polar surface area (TPSA) is 81.4 Å². The van der Waals surface area contributed by atoms with Gasteiger partial charge in [0.15, 0.2) is 0 Å². The number of nitrogens with one attached hydrogen (secondary N) is 1. The number of methoxy groups -OCH3 is 1. The van der Waals surface area contributed by atoms with E-state index in [2.05, 4.69) is 10.1 Å². The van der Waals surface area contributed by atoms with Crippen LogP contribution in [-0.4, -0.2) is 19.0 Å². The van der Waals surface area contributed by atoms with E-state index in [4.69, 9.17) is 5.73 Å². The van der Waals surface area contributed by atoms with Gasteiger partial charge in [-0.1, -0.05) is 36.4 Å². The van der Waals surface area contributed by atoms with E-state index in [1.165, 1.54) is 7.11 Å². The minimum absolute atomic E-state index is 0.344. The Morgan fingerprint density at radius 3 is 2.48 bits per heavy atom. The van der Waals surface area contributed by atoms with Crippen molar-refractivity contribution < 1.29 is 14.3 Å². The molecule has 0 bridgehead atoms. The maximum atomic E-state index is 12.1. The Kier molecular flexibility index (Phi) is 4.68. The lowest BCUT2D eigenvalue weighted by Crippen LogP contribution is -2.27. The predicted octanol–water partition coefficient (Wildman–Crippen LogP) is 2.11. The lowest BCUT2D eigenvalue weighted by Gasteiger charge is -2.13. The minimum atomic E-state index is -0.770. The van der Waals surface area contributed by atoms with Gasteiger partial charge in [-0.2, -0.15) is 0 Å². The Morgan fingerprint density at radius 2 is 1.81 bits per heavy atom. The molecule has 0 saturated carbocycles. The summed E-state index contributed by atoms with van der Waals surface area (Å²) in [6.45, 7) is 0. The summed E-state index contributed by atoms with van der Waals surface area (Å²) in [6.07, 6.45) is 0. The molecule has 1 amide bonds. The Bertz CT molecular complexity index is 641. The first-order valence-corrected chi connectivity index (χ1v) is 6.41. The van der Waals surface area contributed by atoms with Crippen LogP contribution in [0.5, 0.6) is 0 Å². The molecule has 0 unspecified atom stereocenters. The van der Waals surface area contributed by atoms with Crippen molar-refractivity contribution in [1.29, 1.82) is 0 Å². The molecule has 0 spiro atoms. The third kappa shape index (κ3) is 3.67. The molecule has 5 nitrogen and oxygen atoms in total. The maximum Gasteiger partial charge on any atom is 0.337 e. The van der Waals surface area contributed by atoms with Crippen molar-refractivity contribution in [2.24, 2.45) is 5.73 Å². The van der Waals surface area contributed by atoms with Gasteiger partial charge in [-0.05, 0) is 23.8 Å². The van der Waals surface area contributed by atoms with Crippen molar-refractivity contribution in [3.05, 3.63) is 65.7 Å². The smallest absolute Gasteiger partial charge is 0.337 e. The summed E-state index contributed by atoms with van der Waals surface area (Å²) >= 11 is 0. The monoisotopic (exact) mass is 284 g/mol. The SMILES string of the molecule is COC(=O)c1cccc(NC(=O)[C@@H](N)c2ccccc2)c1. The van der Waals surface area contributed by atoms with Crippen LogP contribution in [0.4, 0.5) is 5.69 Å². The Labute approximate surface area is 122 Å². The van der Waals surface area contributed by atoms with Crippen molar-refractivity contribution in [3.63, 3.8) is 0 Å². The number of esters is 1. The number of hydrogen-bond acceptors (Lipinski definition) is 4. The highest BCUT2D eigenvalue weighted by atomic mass is 16.5. The minimum Gasteiger partial charge on any atom is -0.465 e. The van der Waals surface area contributed by atoms with Crippen LogP contribution < -0.4 is 11.1 Å². The molecule has 108 valence electrons. The molecule has 0 fully saturated rings. The van der Waals surface area contributed by atoms with Gasteiger partial charge in [0.2, 0.25) is 5.91 Å². The number of hydrogen-bond donors (Lipinski definition) is 2. The average molecular weight is 284 g/mol. The molecule has 0 radical (unpaired) electrons. The first kappa shape index (κ1) is 14.7. The Hall–Kier alpha value is -2.66. The second-order valence-electron chi connectivity index (χ2n) is 4.45. The third-order valence-electron chi connectivity index (χ3n) is 2.99. The van der Waals surface area contributed by atoms with Gasteiger partial charge in [-0.3, -0.25) is 4.79 Å². The summed E-state index contributed by atoms with van der Waals surface area (Å²) in [7, 11) is 1.30. The first-order valence-electron chi connectivity index (χ1n) is 6.41. The van der Waals surface area contributed by atoms with Crippen LogP contribution >= 0.6 is 0 Å². The van der Waals surface area contributed by atoms with Crippen molar-refractivity contribution in [3.8, 4) is 0 Å². The van der Waals surface area contributed by atoms with Crippen molar-refractivity contribution in [1.82, 2.24) is 0 Å². The van der Waals surface area contributed by atoms with E-state index in [1.807, 2.05) is 18.2 Å². The number of ether oxygens (including phenoxy) is 1. The largest absolute Gasteiger partial charge is 0.465 e. The van der Waals surface area contributed by atoms with Gasteiger partial charge in [0.25, 0.3) is 0 Å². The molecule has 0 aliphatic carbocycles. The summed E-state index contributed by atoms with van der Waals surface area (Å²) in [5.41, 5.74) is 7.49. The highest BCUT2D eigenvalue weighted by Gasteiger charge is 2.16. The summed E-state index contributed by atoms with van der Waals surface area (Å²) in [6, 6.07) is 14.8. The molecular formula is C16H16N2O3. The summed E-state index contributed by atoms with van der Waals surface area (Å²) in [4.78, 5) is 23.6. The van der Waals surface area contributed by atoms with Crippen molar-refractivity contribution >= 4 is 17.6 Å². The van der Waals surface area contributed by atoms with E-state index >= 15 is 0 Å². The summed E-state index contributed by atoms with van der Waals surface area (Å²) in [5.74, 6) is -0.804. The normalized spacial score (nSPS) is 11.5. The molecule has 1 atom stereocenters. The van der Waals surface area contributed by atoms with Crippen LogP contribution in [0.15, 0.2) is 54.6 Å². The predicted molar refractivity (Wildman–Crippen MR) is 79.8 cm³/mol. The van der Waals surface area contributed by atoms with Crippen LogP contribution in [0.3, 0.4) is 0 Å². The van der Waals surface area contributed by atoms with Gasteiger partial charge in [0.1, 0.15) is 6.04 Å². The third-order valence-corrected chi connectivity index (χ3v) is 2.99. The first-order chi connectivity index (χ1) is 10.1. The van der Waals surface area contributed by atoms with Gasteiger partial charge in [0, 0.05) is 5.69 Å². The van der Waals surface area contributed by atoms with E-state index in [-0.39, 0.29) is 5.91 Å². The Morgan fingerprint density at radius 1 is 1.10 bits per heavy atom. The number of rotatable bonds is 4. The molecular weight excluding hydrogens is 268 g/mol. The quantitative estimate of drug-likeness (QED) is 0.842. The molecule has 5 heteroatoms. The molecule has 3 N–H and O–H groups in total. The highest BCUT2D eigenvalue weighted by molar-refractivity contribution is 5.97. The Balaban J connectivity index is 2.11. The fourth-order valence-corrected chi connectivity index (χ4v) is 1.87. The molecule has 2 aromatic rings. The molecule has 0 saturated heterocycles. The van der Waals surface area contributed by atoms with Crippen LogP contribution in [0.2, 0.25) is 0 Å². The second kappa shape index (κ2) is 6.67. The van der Waals surface area contributed by atoms with Crippen LogP contribution in [0.1, 0.15) is 22.0 Å². The van der Waals surface area contributed by atoms with Gasteiger partial charge in [0.05, 0.1) is 12.7 Å². The highest BCUT2D eigenvalue weighted by Crippen LogP contribution is 2.15. The van der Waals surface area contributed by atoms with E-state index < -0.39 is 12.0 Å². The summed E-state index contributed by atoms with van der Waals surface area (Å²) < 4.78 is 4.64. The summed E-state index contributed by atoms with van der Waals surface area (Å²) in [5, 5.41) is 2.69. The number of benzene rings is 2. The number of amides is 1. The van der Waals surface area contributed by atoms with E-state index in [0.717, 1.165) is 5.56 Å². The van der Waals surface area contributed by atoms with Gasteiger partial charge in [-0.15, -0.1) is 0 Å². The number of carbonyl (C=O) groups excluding carboxylic acids is 2. The van der Waals surface area contributed by atoms with E-state index in [1.54, 1.807) is 36.4 Å². The lowest BCUT2D eigenvalue weighted by atomic mass is 10.1. The zero-order valence-corrected chi connectivity index (χ0v) is 11.6. The molecule has 2 aromatic carbocycles. The van der Waals surface area contributed by atoms with E-state index in [9.17, 15) is 9.59 Å². The zero-order valence-electron chi connectivity index (χ0n) is 11.6. The van der Waals surface area contributed by atoms with Crippen LogP contribution in [0, 0.1) is 0 Å². The van der Waals surface area contributed by atoms with Crippen LogP contribution in [0.25, 0.3) is 0 Å². The van der Waals surface area contributed by atoms with Gasteiger partial charge >= 0.3 is 5.97 Å². The molecule has 2 rings (SSSR count). The zero-order chi connectivity index (χ0) is 15.2.